The number of anilines is 4. The number of amides is 2. The molecule has 4 heterocycles. The highest BCUT2D eigenvalue weighted by molar-refractivity contribution is 8.13. The first kappa shape index (κ1) is 34.5. The SMILES string of the molecule is O=C1[C@@H](N2CCc3c2ccc(F)c3Cl)CCN1c1ccc(S(=O)(=O)Cl)cc1.O=C1[C@@H](N2CCc3c2ccc(F)c3Cl)CCN1c1ccccc1. The second kappa shape index (κ2) is 13.7. The predicted molar refractivity (Wildman–Crippen MR) is 192 cm³/mol. The van der Waals surface area contributed by atoms with Crippen molar-refractivity contribution in [3.05, 3.63) is 112 Å². The number of fused-ring (bicyclic) bond motifs is 2. The van der Waals surface area contributed by atoms with Crippen molar-refractivity contribution < 1.29 is 26.8 Å². The number of carbonyl (C=O) groups is 2. The van der Waals surface area contributed by atoms with E-state index in [-0.39, 0.29) is 38.8 Å². The summed E-state index contributed by atoms with van der Waals surface area (Å²) < 4.78 is 50.0. The molecule has 2 saturated heterocycles. The first-order valence-electron chi connectivity index (χ1n) is 16.1. The minimum Gasteiger partial charge on any atom is -0.359 e. The van der Waals surface area contributed by atoms with Gasteiger partial charge in [0, 0.05) is 59.6 Å². The molecule has 0 unspecified atom stereocenters. The Hall–Kier alpha value is -3.90. The molecule has 2 fully saturated rings. The van der Waals surface area contributed by atoms with Gasteiger partial charge >= 0.3 is 0 Å². The number of para-hydroxylation sites is 1. The first-order chi connectivity index (χ1) is 23.9. The van der Waals surface area contributed by atoms with Crippen LogP contribution < -0.4 is 19.6 Å². The summed E-state index contributed by atoms with van der Waals surface area (Å²) in [6.45, 7) is 2.52. The van der Waals surface area contributed by atoms with Gasteiger partial charge in [-0.25, -0.2) is 17.2 Å². The van der Waals surface area contributed by atoms with Crippen molar-refractivity contribution in [3.63, 3.8) is 0 Å². The van der Waals surface area contributed by atoms with Crippen LogP contribution in [0, 0.1) is 11.6 Å². The van der Waals surface area contributed by atoms with Crippen LogP contribution in [0.25, 0.3) is 0 Å². The van der Waals surface area contributed by atoms with Gasteiger partial charge in [-0.1, -0.05) is 41.4 Å². The van der Waals surface area contributed by atoms with Crippen molar-refractivity contribution in [1.29, 1.82) is 0 Å². The lowest BCUT2D eigenvalue weighted by atomic mass is 10.1. The fourth-order valence-electron chi connectivity index (χ4n) is 7.35. The third-order valence-electron chi connectivity index (χ3n) is 9.77. The summed E-state index contributed by atoms with van der Waals surface area (Å²) in [5.41, 5.74) is 4.78. The van der Waals surface area contributed by atoms with Crippen molar-refractivity contribution in [1.82, 2.24) is 0 Å². The van der Waals surface area contributed by atoms with Gasteiger partial charge in [0.05, 0.1) is 14.9 Å². The van der Waals surface area contributed by atoms with Crippen LogP contribution in [0.2, 0.25) is 10.0 Å². The van der Waals surface area contributed by atoms with Crippen LogP contribution in [0.4, 0.5) is 31.5 Å². The molecule has 4 aliphatic rings. The van der Waals surface area contributed by atoms with Crippen molar-refractivity contribution in [2.24, 2.45) is 0 Å². The number of nitrogens with zero attached hydrogens (tertiary/aromatic N) is 4. The summed E-state index contributed by atoms with van der Waals surface area (Å²) >= 11 is 12.1. The molecule has 2 amide bonds. The first-order valence-corrected chi connectivity index (χ1v) is 19.2. The summed E-state index contributed by atoms with van der Waals surface area (Å²) in [4.78, 5) is 33.3. The van der Waals surface area contributed by atoms with E-state index in [1.54, 1.807) is 29.2 Å². The molecule has 0 radical (unpaired) electrons. The maximum absolute atomic E-state index is 13.7. The fourth-order valence-corrected chi connectivity index (χ4v) is 8.63. The predicted octanol–water partition coefficient (Wildman–Crippen LogP) is 7.22. The number of hydrogen-bond donors (Lipinski definition) is 0. The minimum absolute atomic E-state index is 0.0127. The lowest BCUT2D eigenvalue weighted by Crippen LogP contribution is -2.41. The number of halogens is 5. The summed E-state index contributed by atoms with van der Waals surface area (Å²) in [5, 5.41) is 0.311. The Labute approximate surface area is 303 Å². The van der Waals surface area contributed by atoms with Gasteiger partial charge in [-0.05, 0) is 97.5 Å². The van der Waals surface area contributed by atoms with E-state index in [1.807, 2.05) is 40.1 Å². The van der Waals surface area contributed by atoms with Gasteiger partial charge in [-0.2, -0.15) is 0 Å². The highest BCUT2D eigenvalue weighted by Gasteiger charge is 2.41. The minimum atomic E-state index is -3.80. The largest absolute Gasteiger partial charge is 0.359 e. The van der Waals surface area contributed by atoms with Gasteiger partial charge in [0.15, 0.2) is 0 Å². The van der Waals surface area contributed by atoms with E-state index in [1.165, 1.54) is 24.3 Å². The molecule has 2 atom stereocenters. The van der Waals surface area contributed by atoms with E-state index in [9.17, 15) is 26.8 Å². The zero-order valence-corrected chi connectivity index (χ0v) is 29.6. The van der Waals surface area contributed by atoms with E-state index in [0.717, 1.165) is 34.6 Å². The second-order valence-electron chi connectivity index (χ2n) is 12.5. The Morgan fingerprint density at radius 1 is 0.600 bits per heavy atom. The molecule has 0 bridgehead atoms. The number of rotatable bonds is 5. The van der Waals surface area contributed by atoms with Crippen LogP contribution in [0.5, 0.6) is 0 Å². The molecule has 0 N–H and O–H groups in total. The molecule has 8 rings (SSSR count). The normalized spacial score (nSPS) is 19.9. The zero-order valence-electron chi connectivity index (χ0n) is 26.5. The number of carbonyl (C=O) groups excluding carboxylic acids is 2. The number of hydrogen-bond acceptors (Lipinski definition) is 6. The molecule has 0 aromatic heterocycles. The fraction of sp³-hybridized carbons (Fsp3) is 0.278. The Morgan fingerprint density at radius 3 is 1.48 bits per heavy atom. The molecule has 0 aliphatic carbocycles. The molecule has 4 aromatic carbocycles. The Bertz CT molecular complexity index is 2090. The third kappa shape index (κ3) is 6.29. The maximum Gasteiger partial charge on any atom is 0.261 e. The van der Waals surface area contributed by atoms with Gasteiger partial charge in [-0.3, -0.25) is 9.59 Å². The molecule has 0 saturated carbocycles. The summed E-state index contributed by atoms with van der Waals surface area (Å²) in [7, 11) is 1.52. The summed E-state index contributed by atoms with van der Waals surface area (Å²) in [6, 6.07) is 21.2. The van der Waals surface area contributed by atoms with Gasteiger partial charge in [0.1, 0.15) is 23.7 Å². The lowest BCUT2D eigenvalue weighted by molar-refractivity contribution is -0.119. The van der Waals surface area contributed by atoms with Crippen LogP contribution >= 0.6 is 33.9 Å². The van der Waals surface area contributed by atoms with Crippen LogP contribution in [0.3, 0.4) is 0 Å². The quantitative estimate of drug-likeness (QED) is 0.200. The average Bonchev–Trinajstić information content (AvgIpc) is 3.90. The van der Waals surface area contributed by atoms with Crippen LogP contribution in [-0.4, -0.2) is 58.5 Å². The van der Waals surface area contributed by atoms with Gasteiger partial charge in [0.25, 0.3) is 9.05 Å². The smallest absolute Gasteiger partial charge is 0.261 e. The molecule has 50 heavy (non-hydrogen) atoms. The zero-order chi connectivity index (χ0) is 35.3. The number of benzene rings is 4. The second-order valence-corrected chi connectivity index (χ2v) is 15.8. The molecular weight excluding hydrogens is 729 g/mol. The average molecular weight is 760 g/mol. The molecule has 8 nitrogen and oxygen atoms in total. The van der Waals surface area contributed by atoms with Gasteiger partial charge in [-0.15, -0.1) is 0 Å². The maximum atomic E-state index is 13.7. The Morgan fingerprint density at radius 2 is 1.04 bits per heavy atom. The standard InChI is InChI=1S/C18H15Cl2FN2O3S.C18H16ClFN2O/c19-17-13-7-9-23(15(13)6-5-14(17)21)16-8-10-22(18(16)24)11-1-3-12(4-2-11)27(20,25)26;19-17-13-8-10-22(15(13)7-6-14(17)20)16-9-11-21(18(16)23)12-4-2-1-3-5-12/h1-6,16H,7-10H2;1-7,16H,8-11H2/t2*16-/m00/s1. The van der Waals surface area contributed by atoms with Crippen LogP contribution in [0.1, 0.15) is 24.0 Å². The Kier molecular flexibility index (Phi) is 9.44. The van der Waals surface area contributed by atoms with Crippen molar-refractivity contribution in [2.45, 2.75) is 42.7 Å². The van der Waals surface area contributed by atoms with Crippen molar-refractivity contribution >= 4 is 77.5 Å². The van der Waals surface area contributed by atoms with Crippen LogP contribution in [0.15, 0.2) is 83.8 Å². The summed E-state index contributed by atoms with van der Waals surface area (Å²) in [5.74, 6) is -0.823. The molecule has 14 heteroatoms. The molecule has 4 aromatic rings. The Balaban J connectivity index is 0.000000159. The van der Waals surface area contributed by atoms with E-state index >= 15 is 0 Å². The van der Waals surface area contributed by atoms with Crippen LogP contribution in [-0.2, 0) is 31.5 Å². The molecule has 4 aliphatic heterocycles. The molecule has 260 valence electrons. The monoisotopic (exact) mass is 758 g/mol. The van der Waals surface area contributed by atoms with Crippen molar-refractivity contribution in [2.75, 3.05) is 45.8 Å². The van der Waals surface area contributed by atoms with E-state index in [0.29, 0.717) is 51.1 Å². The van der Waals surface area contributed by atoms with E-state index in [4.69, 9.17) is 33.9 Å². The van der Waals surface area contributed by atoms with Gasteiger partial charge < -0.3 is 19.6 Å². The molecular formula is C36H31Cl3F2N4O4S. The third-order valence-corrected chi connectivity index (χ3v) is 12.0. The van der Waals surface area contributed by atoms with E-state index in [2.05, 4.69) is 4.90 Å². The van der Waals surface area contributed by atoms with E-state index < -0.39 is 20.7 Å². The highest BCUT2D eigenvalue weighted by atomic mass is 35.7. The van der Waals surface area contributed by atoms with Gasteiger partial charge in [0.2, 0.25) is 11.8 Å². The summed E-state index contributed by atoms with van der Waals surface area (Å²) in [6.07, 6.45) is 2.66. The lowest BCUT2D eigenvalue weighted by Gasteiger charge is -2.26. The topological polar surface area (TPSA) is 81.2 Å². The van der Waals surface area contributed by atoms with Crippen molar-refractivity contribution in [3.8, 4) is 0 Å². The molecule has 0 spiro atoms. The highest BCUT2D eigenvalue weighted by Crippen LogP contribution is 2.40.